The zero-order chi connectivity index (χ0) is 11.4. The number of imidazole rings is 1. The molecule has 0 saturated heterocycles. The molecule has 0 atom stereocenters. The molecule has 1 heterocycles. The number of anilines is 1. The minimum absolute atomic E-state index is 0.685. The average Bonchev–Trinajstić information content (AvgIpc) is 2.87. The Morgan fingerprint density at radius 2 is 2.19 bits per heavy atom. The number of nitrogens with zero attached hydrogens (tertiary/aromatic N) is 2. The standard InChI is InChI=1S/C13H23N3/c1-3-4-9-14-13-15-11(2)10-16(13)12-7-5-6-8-12/h10,12H,3-9H2,1-2H3,(H,14,15). The quantitative estimate of drug-likeness (QED) is 0.771. The summed E-state index contributed by atoms with van der Waals surface area (Å²) in [5.74, 6) is 1.08. The summed E-state index contributed by atoms with van der Waals surface area (Å²) in [6, 6.07) is 0.685. The third-order valence-corrected chi connectivity index (χ3v) is 3.38. The van der Waals surface area contributed by atoms with Gasteiger partial charge in [0.1, 0.15) is 0 Å². The molecule has 0 aliphatic heterocycles. The van der Waals surface area contributed by atoms with E-state index in [1.54, 1.807) is 0 Å². The lowest BCUT2D eigenvalue weighted by atomic mass is 10.2. The third kappa shape index (κ3) is 2.57. The molecular weight excluding hydrogens is 198 g/mol. The summed E-state index contributed by atoms with van der Waals surface area (Å²) >= 11 is 0. The van der Waals surface area contributed by atoms with Gasteiger partial charge in [-0.1, -0.05) is 26.2 Å². The van der Waals surface area contributed by atoms with Gasteiger partial charge < -0.3 is 9.88 Å². The lowest BCUT2D eigenvalue weighted by Gasteiger charge is -2.15. The van der Waals surface area contributed by atoms with Gasteiger partial charge in [0.2, 0.25) is 5.95 Å². The van der Waals surface area contributed by atoms with Gasteiger partial charge in [-0.25, -0.2) is 4.98 Å². The van der Waals surface area contributed by atoms with E-state index in [1.165, 1.54) is 38.5 Å². The van der Waals surface area contributed by atoms with Crippen molar-refractivity contribution in [3.05, 3.63) is 11.9 Å². The molecule has 0 bridgehead atoms. The lowest BCUT2D eigenvalue weighted by Crippen LogP contribution is -2.11. The molecule has 3 nitrogen and oxygen atoms in total. The fourth-order valence-electron chi connectivity index (χ4n) is 2.48. The van der Waals surface area contributed by atoms with Gasteiger partial charge in [-0.15, -0.1) is 0 Å². The predicted molar refractivity (Wildman–Crippen MR) is 67.9 cm³/mol. The molecule has 16 heavy (non-hydrogen) atoms. The Balaban J connectivity index is 2.04. The van der Waals surface area contributed by atoms with E-state index in [2.05, 4.69) is 34.9 Å². The van der Waals surface area contributed by atoms with E-state index in [0.29, 0.717) is 6.04 Å². The first-order valence-corrected chi connectivity index (χ1v) is 6.60. The molecule has 0 amide bonds. The maximum absolute atomic E-state index is 4.58. The molecular formula is C13H23N3. The third-order valence-electron chi connectivity index (χ3n) is 3.38. The summed E-state index contributed by atoms with van der Waals surface area (Å²) in [6.07, 6.45) is 10.0. The molecule has 1 aromatic heterocycles. The number of hydrogen-bond acceptors (Lipinski definition) is 2. The molecule has 1 aliphatic rings. The minimum atomic E-state index is 0.685. The molecule has 1 saturated carbocycles. The van der Waals surface area contributed by atoms with Crippen molar-refractivity contribution in [2.75, 3.05) is 11.9 Å². The van der Waals surface area contributed by atoms with Gasteiger partial charge in [0.15, 0.2) is 0 Å². The van der Waals surface area contributed by atoms with Crippen molar-refractivity contribution < 1.29 is 0 Å². The van der Waals surface area contributed by atoms with Crippen LogP contribution in [0.5, 0.6) is 0 Å². The number of aromatic nitrogens is 2. The van der Waals surface area contributed by atoms with Gasteiger partial charge in [0, 0.05) is 18.8 Å². The first-order chi connectivity index (χ1) is 7.81. The van der Waals surface area contributed by atoms with E-state index in [9.17, 15) is 0 Å². The lowest BCUT2D eigenvalue weighted by molar-refractivity contribution is 0.522. The zero-order valence-electron chi connectivity index (χ0n) is 10.5. The van der Waals surface area contributed by atoms with Crippen molar-refractivity contribution >= 4 is 5.95 Å². The van der Waals surface area contributed by atoms with Gasteiger partial charge in [-0.05, 0) is 26.2 Å². The van der Waals surface area contributed by atoms with Crippen molar-refractivity contribution in [2.45, 2.75) is 58.4 Å². The molecule has 1 N–H and O–H groups in total. The summed E-state index contributed by atoms with van der Waals surface area (Å²) in [4.78, 5) is 4.58. The topological polar surface area (TPSA) is 29.9 Å². The monoisotopic (exact) mass is 221 g/mol. The molecule has 0 aromatic carbocycles. The fraction of sp³-hybridized carbons (Fsp3) is 0.769. The van der Waals surface area contributed by atoms with Crippen LogP contribution in [0.3, 0.4) is 0 Å². The van der Waals surface area contributed by atoms with Crippen LogP contribution < -0.4 is 5.32 Å². The molecule has 3 heteroatoms. The maximum Gasteiger partial charge on any atom is 0.203 e. The molecule has 90 valence electrons. The van der Waals surface area contributed by atoms with Crippen LogP contribution in [-0.4, -0.2) is 16.1 Å². The summed E-state index contributed by atoms with van der Waals surface area (Å²) in [5.41, 5.74) is 1.13. The average molecular weight is 221 g/mol. The molecule has 1 fully saturated rings. The van der Waals surface area contributed by atoms with E-state index >= 15 is 0 Å². The molecule has 2 rings (SSSR count). The second-order valence-electron chi connectivity index (χ2n) is 4.83. The van der Waals surface area contributed by atoms with Gasteiger partial charge in [-0.3, -0.25) is 0 Å². The Labute approximate surface area is 98.3 Å². The highest BCUT2D eigenvalue weighted by Gasteiger charge is 2.19. The summed E-state index contributed by atoms with van der Waals surface area (Å²) in [7, 11) is 0. The van der Waals surface area contributed by atoms with Crippen LogP contribution in [0.4, 0.5) is 5.95 Å². The van der Waals surface area contributed by atoms with Crippen LogP contribution in [-0.2, 0) is 0 Å². The molecule has 1 aromatic rings. The maximum atomic E-state index is 4.58. The Hall–Kier alpha value is -0.990. The molecule has 1 aliphatic carbocycles. The van der Waals surface area contributed by atoms with Gasteiger partial charge in [-0.2, -0.15) is 0 Å². The largest absolute Gasteiger partial charge is 0.356 e. The van der Waals surface area contributed by atoms with Crippen LogP contribution in [0.15, 0.2) is 6.20 Å². The van der Waals surface area contributed by atoms with Crippen LogP contribution in [0, 0.1) is 6.92 Å². The van der Waals surface area contributed by atoms with E-state index in [1.807, 2.05) is 0 Å². The Kier molecular flexibility index (Phi) is 3.86. The summed E-state index contributed by atoms with van der Waals surface area (Å²) in [5, 5.41) is 3.46. The Morgan fingerprint density at radius 1 is 1.44 bits per heavy atom. The second kappa shape index (κ2) is 5.37. The zero-order valence-corrected chi connectivity index (χ0v) is 10.5. The van der Waals surface area contributed by atoms with Crippen LogP contribution in [0.1, 0.15) is 57.2 Å². The van der Waals surface area contributed by atoms with Crippen molar-refractivity contribution in [2.24, 2.45) is 0 Å². The first kappa shape index (κ1) is 11.5. The van der Waals surface area contributed by atoms with Gasteiger partial charge in [0.05, 0.1) is 5.69 Å². The number of unbranched alkanes of at least 4 members (excludes halogenated alkanes) is 1. The number of nitrogens with one attached hydrogen (secondary N) is 1. The van der Waals surface area contributed by atoms with Crippen molar-refractivity contribution in [1.82, 2.24) is 9.55 Å². The van der Waals surface area contributed by atoms with Gasteiger partial charge >= 0.3 is 0 Å². The van der Waals surface area contributed by atoms with E-state index < -0.39 is 0 Å². The molecule has 0 spiro atoms. The van der Waals surface area contributed by atoms with Gasteiger partial charge in [0.25, 0.3) is 0 Å². The van der Waals surface area contributed by atoms with Crippen molar-refractivity contribution in [3.8, 4) is 0 Å². The summed E-state index contributed by atoms with van der Waals surface area (Å²) < 4.78 is 2.36. The molecule has 0 radical (unpaired) electrons. The summed E-state index contributed by atoms with van der Waals surface area (Å²) in [6.45, 7) is 5.34. The normalized spacial score (nSPS) is 16.9. The smallest absolute Gasteiger partial charge is 0.203 e. The predicted octanol–water partition coefficient (Wildman–Crippen LogP) is 3.52. The molecule has 0 unspecified atom stereocenters. The van der Waals surface area contributed by atoms with Crippen LogP contribution in [0.25, 0.3) is 0 Å². The fourth-order valence-corrected chi connectivity index (χ4v) is 2.48. The van der Waals surface area contributed by atoms with E-state index in [-0.39, 0.29) is 0 Å². The highest BCUT2D eigenvalue weighted by atomic mass is 15.2. The van der Waals surface area contributed by atoms with E-state index in [0.717, 1.165) is 18.2 Å². The highest BCUT2D eigenvalue weighted by Crippen LogP contribution is 2.31. The highest BCUT2D eigenvalue weighted by molar-refractivity contribution is 5.29. The number of aryl methyl sites for hydroxylation is 1. The number of rotatable bonds is 5. The SMILES string of the molecule is CCCCNc1nc(C)cn1C1CCCC1. The first-order valence-electron chi connectivity index (χ1n) is 6.60. The van der Waals surface area contributed by atoms with Crippen LogP contribution >= 0.6 is 0 Å². The van der Waals surface area contributed by atoms with E-state index in [4.69, 9.17) is 0 Å². The number of hydrogen-bond donors (Lipinski definition) is 1. The minimum Gasteiger partial charge on any atom is -0.356 e. The van der Waals surface area contributed by atoms with Crippen molar-refractivity contribution in [1.29, 1.82) is 0 Å². The van der Waals surface area contributed by atoms with Crippen LogP contribution in [0.2, 0.25) is 0 Å². The van der Waals surface area contributed by atoms with Crippen molar-refractivity contribution in [3.63, 3.8) is 0 Å². The Morgan fingerprint density at radius 3 is 2.88 bits per heavy atom. The second-order valence-corrected chi connectivity index (χ2v) is 4.83. The Bertz CT molecular complexity index is 324.